The van der Waals surface area contributed by atoms with E-state index in [-0.39, 0.29) is 5.82 Å². The van der Waals surface area contributed by atoms with Gasteiger partial charge in [-0.25, -0.2) is 14.4 Å². The molecule has 0 aromatic carbocycles. The fourth-order valence-corrected chi connectivity index (χ4v) is 1.81. The molecule has 5 heteroatoms. The summed E-state index contributed by atoms with van der Waals surface area (Å²) in [5.41, 5.74) is 0.467. The highest BCUT2D eigenvalue weighted by molar-refractivity contribution is 9.09. The third kappa shape index (κ3) is 3.12. The fraction of sp³-hybridized carbons (Fsp3) is 0.600. The van der Waals surface area contributed by atoms with Gasteiger partial charge in [0.1, 0.15) is 6.33 Å². The number of hydrogen-bond acceptors (Lipinski definition) is 3. The van der Waals surface area contributed by atoms with Gasteiger partial charge in [0, 0.05) is 18.4 Å². The lowest BCUT2D eigenvalue weighted by molar-refractivity contribution is 0.588. The van der Waals surface area contributed by atoms with Crippen LogP contribution in [0.4, 0.5) is 10.2 Å². The van der Waals surface area contributed by atoms with Crippen LogP contribution in [0.3, 0.4) is 0 Å². The molecule has 0 fully saturated rings. The lowest BCUT2D eigenvalue weighted by atomic mass is 10.3. The van der Waals surface area contributed by atoms with Crippen LogP contribution in [0.15, 0.2) is 6.33 Å². The van der Waals surface area contributed by atoms with Gasteiger partial charge >= 0.3 is 0 Å². The number of alkyl halides is 1. The molecule has 0 saturated carbocycles. The third-order valence-electron chi connectivity index (χ3n) is 2.07. The summed E-state index contributed by atoms with van der Waals surface area (Å²) in [5.74, 6) is 0.0591. The van der Waals surface area contributed by atoms with Crippen molar-refractivity contribution in [1.29, 1.82) is 0 Å². The van der Waals surface area contributed by atoms with E-state index in [2.05, 4.69) is 25.9 Å². The molecule has 84 valence electrons. The van der Waals surface area contributed by atoms with Crippen LogP contribution in [-0.2, 0) is 6.42 Å². The summed E-state index contributed by atoms with van der Waals surface area (Å²) >= 11 is 3.42. The maximum Gasteiger partial charge on any atom is 0.187 e. The first-order valence-electron chi connectivity index (χ1n) is 4.90. The highest BCUT2D eigenvalue weighted by atomic mass is 79.9. The lowest BCUT2D eigenvalue weighted by Gasteiger charge is -2.20. The van der Waals surface area contributed by atoms with E-state index >= 15 is 0 Å². The minimum atomic E-state index is -0.310. The zero-order chi connectivity index (χ0) is 11.4. The molecule has 0 bridgehead atoms. The largest absolute Gasteiger partial charge is 0.356 e. The van der Waals surface area contributed by atoms with E-state index in [4.69, 9.17) is 0 Å². The van der Waals surface area contributed by atoms with Gasteiger partial charge in [0.25, 0.3) is 0 Å². The standard InChI is InChI=1S/C10H15BrFN3/c1-4-8-9(12)10(14-6-13-8)15(3)5-7(2)11/h6-7H,4-5H2,1-3H3. The Morgan fingerprint density at radius 2 is 2.20 bits per heavy atom. The second-order valence-corrected chi connectivity index (χ2v) is 5.04. The van der Waals surface area contributed by atoms with Crippen molar-refractivity contribution < 1.29 is 4.39 Å². The summed E-state index contributed by atoms with van der Waals surface area (Å²) in [4.78, 5) is 9.93. The molecule has 15 heavy (non-hydrogen) atoms. The molecule has 0 aliphatic carbocycles. The smallest absolute Gasteiger partial charge is 0.187 e. The van der Waals surface area contributed by atoms with Crippen LogP contribution in [0.2, 0.25) is 0 Å². The molecule has 0 aliphatic rings. The minimum absolute atomic E-state index is 0.293. The highest BCUT2D eigenvalue weighted by Crippen LogP contribution is 2.17. The normalized spacial score (nSPS) is 12.6. The maximum absolute atomic E-state index is 13.8. The molecule has 0 N–H and O–H groups in total. The van der Waals surface area contributed by atoms with Crippen LogP contribution in [0.25, 0.3) is 0 Å². The van der Waals surface area contributed by atoms with E-state index in [1.165, 1.54) is 6.33 Å². The number of rotatable bonds is 4. The molecular weight excluding hydrogens is 261 g/mol. The summed E-state index contributed by atoms with van der Waals surface area (Å²) in [6.07, 6.45) is 1.99. The number of aromatic nitrogens is 2. The van der Waals surface area contributed by atoms with Gasteiger partial charge in [0.05, 0.1) is 5.69 Å². The molecule has 1 rings (SSSR count). The molecule has 0 aliphatic heterocycles. The predicted octanol–water partition coefficient (Wildman–Crippen LogP) is 2.40. The van der Waals surface area contributed by atoms with Crippen molar-refractivity contribution in [2.75, 3.05) is 18.5 Å². The van der Waals surface area contributed by atoms with E-state index in [0.29, 0.717) is 29.3 Å². The molecule has 1 atom stereocenters. The molecule has 0 amide bonds. The number of halogens is 2. The second kappa shape index (κ2) is 5.39. The molecule has 0 spiro atoms. The number of hydrogen-bond donors (Lipinski definition) is 0. The van der Waals surface area contributed by atoms with Gasteiger partial charge in [-0.15, -0.1) is 0 Å². The molecule has 0 radical (unpaired) electrons. The van der Waals surface area contributed by atoms with Crippen molar-refractivity contribution in [1.82, 2.24) is 9.97 Å². The van der Waals surface area contributed by atoms with Crippen LogP contribution in [0, 0.1) is 5.82 Å². The average molecular weight is 276 g/mol. The Morgan fingerprint density at radius 3 is 2.73 bits per heavy atom. The van der Waals surface area contributed by atoms with E-state index in [1.54, 1.807) is 4.90 Å². The summed E-state index contributed by atoms with van der Waals surface area (Å²) in [7, 11) is 1.82. The van der Waals surface area contributed by atoms with Gasteiger partial charge in [-0.1, -0.05) is 29.8 Å². The Hall–Kier alpha value is -0.710. The highest BCUT2D eigenvalue weighted by Gasteiger charge is 2.14. The van der Waals surface area contributed by atoms with Gasteiger partial charge in [-0.3, -0.25) is 0 Å². The maximum atomic E-state index is 13.8. The summed E-state index contributed by atoms with van der Waals surface area (Å²) in [6, 6.07) is 0. The lowest BCUT2D eigenvalue weighted by Crippen LogP contribution is -2.26. The molecular formula is C10H15BrFN3. The average Bonchev–Trinajstić information content (AvgIpc) is 2.17. The molecule has 1 aromatic heterocycles. The van der Waals surface area contributed by atoms with Gasteiger partial charge in [-0.2, -0.15) is 0 Å². The zero-order valence-electron chi connectivity index (χ0n) is 9.17. The van der Waals surface area contributed by atoms with Gasteiger partial charge in [0.15, 0.2) is 11.6 Å². The molecule has 3 nitrogen and oxygen atoms in total. The number of anilines is 1. The van der Waals surface area contributed by atoms with Gasteiger partial charge in [0.2, 0.25) is 0 Å². The first-order chi connectivity index (χ1) is 7.06. The number of nitrogens with zero attached hydrogens (tertiary/aromatic N) is 3. The number of aryl methyl sites for hydroxylation is 1. The Bertz CT molecular complexity index is 330. The van der Waals surface area contributed by atoms with Crippen molar-refractivity contribution in [2.45, 2.75) is 25.1 Å². The van der Waals surface area contributed by atoms with Crippen LogP contribution in [-0.4, -0.2) is 28.4 Å². The quantitative estimate of drug-likeness (QED) is 0.791. The van der Waals surface area contributed by atoms with Crippen molar-refractivity contribution >= 4 is 21.7 Å². The van der Waals surface area contributed by atoms with Crippen LogP contribution in [0.1, 0.15) is 19.5 Å². The van der Waals surface area contributed by atoms with Gasteiger partial charge < -0.3 is 4.90 Å². The van der Waals surface area contributed by atoms with Crippen molar-refractivity contribution in [3.8, 4) is 0 Å². The van der Waals surface area contributed by atoms with Crippen LogP contribution in [0.5, 0.6) is 0 Å². The summed E-state index contributed by atoms with van der Waals surface area (Å²) < 4.78 is 13.8. The van der Waals surface area contributed by atoms with E-state index in [1.807, 2.05) is 20.9 Å². The Morgan fingerprint density at radius 1 is 1.53 bits per heavy atom. The molecule has 1 heterocycles. The molecule has 0 saturated heterocycles. The first-order valence-corrected chi connectivity index (χ1v) is 5.82. The minimum Gasteiger partial charge on any atom is -0.356 e. The van der Waals surface area contributed by atoms with Crippen LogP contribution >= 0.6 is 15.9 Å². The predicted molar refractivity (Wildman–Crippen MR) is 63.0 cm³/mol. The van der Waals surface area contributed by atoms with Crippen molar-refractivity contribution in [2.24, 2.45) is 0 Å². The third-order valence-corrected chi connectivity index (χ3v) is 2.35. The van der Waals surface area contributed by atoms with E-state index in [9.17, 15) is 4.39 Å². The molecule has 1 unspecified atom stereocenters. The van der Waals surface area contributed by atoms with Crippen LogP contribution < -0.4 is 4.90 Å². The van der Waals surface area contributed by atoms with Crippen molar-refractivity contribution in [3.05, 3.63) is 17.8 Å². The summed E-state index contributed by atoms with van der Waals surface area (Å²) in [5, 5.41) is 0. The Kier molecular flexibility index (Phi) is 4.45. The molecule has 1 aromatic rings. The van der Waals surface area contributed by atoms with Crippen molar-refractivity contribution in [3.63, 3.8) is 0 Å². The zero-order valence-corrected chi connectivity index (χ0v) is 10.8. The second-order valence-electron chi connectivity index (χ2n) is 3.47. The summed E-state index contributed by atoms with van der Waals surface area (Å²) in [6.45, 7) is 4.59. The SMILES string of the molecule is CCc1ncnc(N(C)CC(C)Br)c1F. The Labute approximate surface area is 97.9 Å². The van der Waals surface area contributed by atoms with E-state index < -0.39 is 0 Å². The topological polar surface area (TPSA) is 29.0 Å². The fourth-order valence-electron chi connectivity index (χ4n) is 1.37. The van der Waals surface area contributed by atoms with E-state index in [0.717, 1.165) is 0 Å². The Balaban J connectivity index is 2.93. The first kappa shape index (κ1) is 12.4. The monoisotopic (exact) mass is 275 g/mol. The van der Waals surface area contributed by atoms with Gasteiger partial charge in [-0.05, 0) is 6.42 Å².